The maximum atomic E-state index is 10.4. The lowest BCUT2D eigenvalue weighted by atomic mass is 10.1. The predicted molar refractivity (Wildman–Crippen MR) is 29.3 cm³/mol. The van der Waals surface area contributed by atoms with Crippen LogP contribution in [0.3, 0.4) is 0 Å². The van der Waals surface area contributed by atoms with E-state index in [1.807, 2.05) is 0 Å². The molecule has 2 unspecified atom stereocenters. The van der Waals surface area contributed by atoms with Crippen LogP contribution in [0.25, 0.3) is 0 Å². The van der Waals surface area contributed by atoms with E-state index >= 15 is 0 Å². The van der Waals surface area contributed by atoms with Crippen molar-refractivity contribution in [3.05, 3.63) is 0 Å². The average molecular weight is 131 g/mol. The second kappa shape index (κ2) is 2.33. The normalized spacial score (nSPS) is 36.0. The summed E-state index contributed by atoms with van der Waals surface area (Å²) in [6.07, 6.45) is -0.413. The quantitative estimate of drug-likeness (QED) is 0.412. The van der Waals surface area contributed by atoms with Gasteiger partial charge in [0, 0.05) is 12.5 Å². The van der Waals surface area contributed by atoms with E-state index in [2.05, 4.69) is 4.74 Å². The number of carbonyl (C=O) groups is 1. The van der Waals surface area contributed by atoms with E-state index in [-0.39, 0.29) is 12.5 Å². The topological polar surface area (TPSA) is 72.6 Å². The first-order valence-electron chi connectivity index (χ1n) is 2.81. The second-order valence-corrected chi connectivity index (χ2v) is 2.14. The van der Waals surface area contributed by atoms with Gasteiger partial charge in [0.15, 0.2) is 0 Å². The third-order valence-electron chi connectivity index (χ3n) is 1.20. The number of nitrogens with two attached hydrogens (primary N) is 1. The Labute approximate surface area is 52.6 Å². The Morgan fingerprint density at radius 3 is 2.89 bits per heavy atom. The Morgan fingerprint density at radius 1 is 1.78 bits per heavy atom. The number of hydrogen-bond acceptors (Lipinski definition) is 4. The maximum absolute atomic E-state index is 10.4. The molecule has 0 radical (unpaired) electrons. The molecule has 0 saturated carbocycles. The van der Waals surface area contributed by atoms with E-state index in [9.17, 15) is 4.79 Å². The fourth-order valence-corrected chi connectivity index (χ4v) is 0.804. The summed E-state index contributed by atoms with van der Waals surface area (Å²) in [6.45, 7) is 0. The van der Waals surface area contributed by atoms with E-state index in [1.165, 1.54) is 0 Å². The van der Waals surface area contributed by atoms with Gasteiger partial charge in [0.05, 0.1) is 6.42 Å². The van der Waals surface area contributed by atoms with Crippen LogP contribution in [0, 0.1) is 0 Å². The summed E-state index contributed by atoms with van der Waals surface area (Å²) in [5.41, 5.74) is 5.35. The highest BCUT2D eigenvalue weighted by atomic mass is 16.6. The molecule has 4 heteroatoms. The number of aliphatic hydroxyl groups excluding tert-OH is 1. The number of aliphatic hydroxyl groups is 1. The Bertz CT molecular complexity index is 113. The van der Waals surface area contributed by atoms with Crippen LogP contribution < -0.4 is 5.73 Å². The lowest BCUT2D eigenvalue weighted by Crippen LogP contribution is -2.37. The lowest BCUT2D eigenvalue weighted by Gasteiger charge is -2.21. The zero-order chi connectivity index (χ0) is 6.85. The molecular formula is C5H9NO3. The van der Waals surface area contributed by atoms with E-state index < -0.39 is 12.3 Å². The van der Waals surface area contributed by atoms with Crippen molar-refractivity contribution in [2.24, 2.45) is 5.73 Å². The molecule has 1 fully saturated rings. The molecule has 0 aromatic carbocycles. The van der Waals surface area contributed by atoms with Gasteiger partial charge < -0.3 is 15.6 Å². The van der Waals surface area contributed by atoms with Gasteiger partial charge in [-0.1, -0.05) is 0 Å². The van der Waals surface area contributed by atoms with Gasteiger partial charge in [0.2, 0.25) is 6.29 Å². The van der Waals surface area contributed by atoms with Crippen molar-refractivity contribution in [3.63, 3.8) is 0 Å². The largest absolute Gasteiger partial charge is 0.436 e. The molecule has 0 bridgehead atoms. The first-order valence-corrected chi connectivity index (χ1v) is 2.81. The Kier molecular flexibility index (Phi) is 1.68. The molecular weight excluding hydrogens is 122 g/mol. The molecule has 1 heterocycles. The fraction of sp³-hybridized carbons (Fsp3) is 0.800. The molecule has 0 spiro atoms. The summed E-state index contributed by atoms with van der Waals surface area (Å²) in [5, 5.41) is 8.73. The smallest absolute Gasteiger partial charge is 0.309 e. The average Bonchev–Trinajstić information content (AvgIpc) is 1.59. The minimum Gasteiger partial charge on any atom is -0.436 e. The van der Waals surface area contributed by atoms with Crippen LogP contribution >= 0.6 is 0 Å². The Morgan fingerprint density at radius 2 is 2.44 bits per heavy atom. The van der Waals surface area contributed by atoms with Crippen LogP contribution in [0.4, 0.5) is 0 Å². The standard InChI is InChI=1S/C5H9NO3/c6-3-1-4(7)9-5(8)2-3/h3-4,7H,1-2,6H2. The van der Waals surface area contributed by atoms with E-state index in [0.29, 0.717) is 6.42 Å². The van der Waals surface area contributed by atoms with Crippen molar-refractivity contribution in [1.82, 2.24) is 0 Å². The number of esters is 1. The molecule has 3 N–H and O–H groups in total. The summed E-state index contributed by atoms with van der Waals surface area (Å²) in [4.78, 5) is 10.4. The molecule has 52 valence electrons. The number of hydrogen-bond donors (Lipinski definition) is 2. The van der Waals surface area contributed by atoms with E-state index in [1.54, 1.807) is 0 Å². The molecule has 4 nitrogen and oxygen atoms in total. The van der Waals surface area contributed by atoms with Gasteiger partial charge in [-0.05, 0) is 0 Å². The monoisotopic (exact) mass is 131 g/mol. The van der Waals surface area contributed by atoms with Crippen molar-refractivity contribution in [2.75, 3.05) is 0 Å². The minimum absolute atomic E-state index is 0.219. The van der Waals surface area contributed by atoms with Gasteiger partial charge in [-0.2, -0.15) is 0 Å². The number of cyclic esters (lactones) is 1. The van der Waals surface area contributed by atoms with Crippen LogP contribution in [0.2, 0.25) is 0 Å². The zero-order valence-corrected chi connectivity index (χ0v) is 4.91. The van der Waals surface area contributed by atoms with Crippen LogP contribution in [0.1, 0.15) is 12.8 Å². The van der Waals surface area contributed by atoms with Crippen LogP contribution in [0.15, 0.2) is 0 Å². The fourth-order valence-electron chi connectivity index (χ4n) is 0.804. The van der Waals surface area contributed by atoms with Crippen molar-refractivity contribution in [1.29, 1.82) is 0 Å². The molecule has 1 aliphatic rings. The molecule has 1 aliphatic heterocycles. The molecule has 2 atom stereocenters. The van der Waals surface area contributed by atoms with Crippen LogP contribution in [-0.4, -0.2) is 23.4 Å². The summed E-state index contributed by atoms with van der Waals surface area (Å²) in [6, 6.07) is -0.235. The minimum atomic E-state index is -0.985. The summed E-state index contributed by atoms with van der Waals surface area (Å²) < 4.78 is 4.39. The van der Waals surface area contributed by atoms with Crippen molar-refractivity contribution in [2.45, 2.75) is 25.2 Å². The van der Waals surface area contributed by atoms with Crippen molar-refractivity contribution >= 4 is 5.97 Å². The van der Waals surface area contributed by atoms with Crippen LogP contribution in [0.5, 0.6) is 0 Å². The van der Waals surface area contributed by atoms with Gasteiger partial charge in [-0.25, -0.2) is 0 Å². The zero-order valence-electron chi connectivity index (χ0n) is 4.91. The molecule has 0 aliphatic carbocycles. The highest BCUT2D eigenvalue weighted by molar-refractivity contribution is 5.70. The SMILES string of the molecule is NC1CC(=O)OC(O)C1. The molecule has 1 rings (SSSR count). The highest BCUT2D eigenvalue weighted by Gasteiger charge is 2.23. The van der Waals surface area contributed by atoms with E-state index in [4.69, 9.17) is 10.8 Å². The number of rotatable bonds is 0. The predicted octanol–water partition coefficient (Wildman–Crippen LogP) is -1.03. The van der Waals surface area contributed by atoms with Gasteiger partial charge in [0.1, 0.15) is 0 Å². The third-order valence-corrected chi connectivity index (χ3v) is 1.20. The number of carbonyl (C=O) groups excluding carboxylic acids is 1. The number of ether oxygens (including phenoxy) is 1. The van der Waals surface area contributed by atoms with Crippen molar-refractivity contribution < 1.29 is 14.6 Å². The van der Waals surface area contributed by atoms with Crippen LogP contribution in [-0.2, 0) is 9.53 Å². The first kappa shape index (κ1) is 6.51. The lowest BCUT2D eigenvalue weighted by molar-refractivity contribution is -0.177. The summed E-state index contributed by atoms with van der Waals surface area (Å²) in [5.74, 6) is -0.416. The molecule has 1 saturated heterocycles. The Balaban J connectivity index is 2.43. The molecule has 0 aromatic rings. The summed E-state index contributed by atoms with van der Waals surface area (Å²) >= 11 is 0. The summed E-state index contributed by atoms with van der Waals surface area (Å²) in [7, 11) is 0. The van der Waals surface area contributed by atoms with Crippen molar-refractivity contribution in [3.8, 4) is 0 Å². The Hall–Kier alpha value is -0.610. The molecule has 0 aromatic heterocycles. The van der Waals surface area contributed by atoms with E-state index in [0.717, 1.165) is 0 Å². The molecule has 0 amide bonds. The second-order valence-electron chi connectivity index (χ2n) is 2.14. The van der Waals surface area contributed by atoms with Gasteiger partial charge in [-0.15, -0.1) is 0 Å². The van der Waals surface area contributed by atoms with Gasteiger partial charge in [-0.3, -0.25) is 4.79 Å². The van der Waals surface area contributed by atoms with Gasteiger partial charge in [0.25, 0.3) is 0 Å². The highest BCUT2D eigenvalue weighted by Crippen LogP contribution is 2.09. The van der Waals surface area contributed by atoms with Gasteiger partial charge >= 0.3 is 5.97 Å². The maximum Gasteiger partial charge on any atom is 0.309 e. The first-order chi connectivity index (χ1) is 4.18. The molecule has 9 heavy (non-hydrogen) atoms. The third kappa shape index (κ3) is 1.65.